The molecule has 0 aromatic carbocycles. The zero-order valence-corrected chi connectivity index (χ0v) is 11.6. The Balaban J connectivity index is 1.97. The van der Waals surface area contributed by atoms with Gasteiger partial charge in [-0.1, -0.05) is 6.92 Å². The Kier molecular flexibility index (Phi) is 4.28. The van der Waals surface area contributed by atoms with E-state index in [4.69, 9.17) is 10.5 Å². The summed E-state index contributed by atoms with van der Waals surface area (Å²) in [6.07, 6.45) is 5.13. The Morgan fingerprint density at radius 1 is 1.33 bits per heavy atom. The molecule has 0 bridgehead atoms. The fraction of sp³-hybridized carbons (Fsp3) is 0.929. The Morgan fingerprint density at radius 3 is 2.50 bits per heavy atom. The quantitative estimate of drug-likeness (QED) is 0.801. The first-order valence-corrected chi connectivity index (χ1v) is 7.20. The summed E-state index contributed by atoms with van der Waals surface area (Å²) in [6.45, 7) is 5.49. The highest BCUT2D eigenvalue weighted by atomic mass is 16.5. The van der Waals surface area contributed by atoms with Crippen LogP contribution in [0, 0.1) is 11.3 Å². The van der Waals surface area contributed by atoms with Crippen molar-refractivity contribution in [1.82, 2.24) is 5.32 Å². The van der Waals surface area contributed by atoms with Gasteiger partial charge in [-0.05, 0) is 44.9 Å². The molecule has 4 heteroatoms. The van der Waals surface area contributed by atoms with E-state index < -0.39 is 0 Å². The lowest BCUT2D eigenvalue weighted by Gasteiger charge is -2.38. The first-order chi connectivity index (χ1) is 8.57. The molecule has 1 saturated carbocycles. The molecule has 1 heterocycles. The molecule has 2 fully saturated rings. The average Bonchev–Trinajstić information content (AvgIpc) is 2.76. The number of hydrogen-bond donors (Lipinski definition) is 2. The van der Waals surface area contributed by atoms with Gasteiger partial charge in [-0.2, -0.15) is 0 Å². The van der Waals surface area contributed by atoms with Crippen molar-refractivity contribution in [2.75, 3.05) is 13.2 Å². The Bertz CT molecular complexity index is 298. The zero-order valence-electron chi connectivity index (χ0n) is 11.6. The van der Waals surface area contributed by atoms with Crippen LogP contribution in [-0.4, -0.2) is 31.2 Å². The third-order valence-corrected chi connectivity index (χ3v) is 4.80. The number of nitrogens with two attached hydrogens (primary N) is 1. The van der Waals surface area contributed by atoms with Gasteiger partial charge in [0, 0.05) is 13.2 Å². The summed E-state index contributed by atoms with van der Waals surface area (Å²) in [4.78, 5) is 12.5. The molecule has 0 radical (unpaired) electrons. The van der Waals surface area contributed by atoms with Crippen molar-refractivity contribution < 1.29 is 9.53 Å². The average molecular weight is 254 g/mol. The van der Waals surface area contributed by atoms with Gasteiger partial charge >= 0.3 is 0 Å². The van der Waals surface area contributed by atoms with Gasteiger partial charge in [0.2, 0.25) is 5.91 Å². The molecule has 2 atom stereocenters. The number of carbonyl (C=O) groups excluding carboxylic acids is 1. The van der Waals surface area contributed by atoms with Crippen LogP contribution >= 0.6 is 0 Å². The van der Waals surface area contributed by atoms with Crippen LogP contribution in [0.25, 0.3) is 0 Å². The van der Waals surface area contributed by atoms with E-state index in [0.29, 0.717) is 6.54 Å². The Morgan fingerprint density at radius 2 is 2.00 bits per heavy atom. The van der Waals surface area contributed by atoms with Crippen LogP contribution in [0.15, 0.2) is 0 Å². The standard InChI is InChI=1S/C14H26N2O2/c1-10-3-6-14(9-15,7-4-10)13(17)16-12-5-8-18-11(12)2/h10-12H,3-9,15H2,1-2H3,(H,16,17). The third kappa shape index (κ3) is 2.69. The van der Waals surface area contributed by atoms with E-state index in [1.807, 2.05) is 6.92 Å². The molecule has 2 rings (SSSR count). The predicted octanol–water partition coefficient (Wildman–Crippen LogP) is 1.44. The molecule has 1 aliphatic heterocycles. The van der Waals surface area contributed by atoms with E-state index in [1.165, 1.54) is 0 Å². The minimum absolute atomic E-state index is 0.131. The summed E-state index contributed by atoms with van der Waals surface area (Å²) in [7, 11) is 0. The number of carbonyl (C=O) groups is 1. The predicted molar refractivity (Wildman–Crippen MR) is 71.1 cm³/mol. The van der Waals surface area contributed by atoms with E-state index in [9.17, 15) is 4.79 Å². The highest BCUT2D eigenvalue weighted by Gasteiger charge is 2.41. The minimum Gasteiger partial charge on any atom is -0.376 e. The molecule has 1 saturated heterocycles. The second-order valence-electron chi connectivity index (χ2n) is 6.11. The zero-order chi connectivity index (χ0) is 13.2. The molecule has 3 N–H and O–H groups in total. The molecular formula is C14H26N2O2. The molecule has 2 unspecified atom stereocenters. The maximum absolute atomic E-state index is 12.5. The first kappa shape index (κ1) is 13.8. The number of amides is 1. The Labute approximate surface area is 110 Å². The van der Waals surface area contributed by atoms with E-state index in [-0.39, 0.29) is 23.5 Å². The molecule has 104 valence electrons. The van der Waals surface area contributed by atoms with Gasteiger partial charge in [0.1, 0.15) is 0 Å². The molecule has 18 heavy (non-hydrogen) atoms. The van der Waals surface area contributed by atoms with Crippen LogP contribution in [0.2, 0.25) is 0 Å². The summed E-state index contributed by atoms with van der Waals surface area (Å²) in [5.74, 6) is 0.880. The monoisotopic (exact) mass is 254 g/mol. The smallest absolute Gasteiger partial charge is 0.227 e. The van der Waals surface area contributed by atoms with E-state index in [2.05, 4.69) is 12.2 Å². The number of rotatable bonds is 3. The van der Waals surface area contributed by atoms with Crippen molar-refractivity contribution in [3.63, 3.8) is 0 Å². The van der Waals surface area contributed by atoms with Crippen molar-refractivity contribution in [3.8, 4) is 0 Å². The highest BCUT2D eigenvalue weighted by Crippen LogP contribution is 2.38. The van der Waals surface area contributed by atoms with Gasteiger partial charge in [0.25, 0.3) is 0 Å². The van der Waals surface area contributed by atoms with Gasteiger partial charge in [-0.15, -0.1) is 0 Å². The fourth-order valence-corrected chi connectivity index (χ4v) is 3.08. The van der Waals surface area contributed by atoms with Crippen molar-refractivity contribution in [2.45, 2.75) is 58.1 Å². The molecule has 0 aromatic rings. The molecule has 0 aromatic heterocycles. The van der Waals surface area contributed by atoms with E-state index >= 15 is 0 Å². The van der Waals surface area contributed by atoms with Crippen molar-refractivity contribution in [3.05, 3.63) is 0 Å². The number of nitrogens with one attached hydrogen (secondary N) is 1. The van der Waals surface area contributed by atoms with Crippen LogP contribution in [-0.2, 0) is 9.53 Å². The largest absolute Gasteiger partial charge is 0.376 e. The molecular weight excluding hydrogens is 228 g/mol. The van der Waals surface area contributed by atoms with E-state index in [1.54, 1.807) is 0 Å². The lowest BCUT2D eigenvalue weighted by molar-refractivity contribution is -0.134. The van der Waals surface area contributed by atoms with Gasteiger partial charge in [-0.25, -0.2) is 0 Å². The molecule has 4 nitrogen and oxygen atoms in total. The van der Waals surface area contributed by atoms with Crippen LogP contribution in [0.4, 0.5) is 0 Å². The number of hydrogen-bond acceptors (Lipinski definition) is 3. The summed E-state index contributed by atoms with van der Waals surface area (Å²) in [6, 6.07) is 0.167. The second kappa shape index (κ2) is 5.57. The minimum atomic E-state index is -0.325. The van der Waals surface area contributed by atoms with Gasteiger partial charge in [0.05, 0.1) is 17.6 Å². The summed E-state index contributed by atoms with van der Waals surface area (Å²) in [5.41, 5.74) is 5.58. The Hall–Kier alpha value is -0.610. The summed E-state index contributed by atoms with van der Waals surface area (Å²) in [5, 5.41) is 3.16. The molecule has 1 aliphatic carbocycles. The maximum atomic E-state index is 12.5. The lowest BCUT2D eigenvalue weighted by atomic mass is 9.70. The molecule has 1 amide bonds. The topological polar surface area (TPSA) is 64.4 Å². The van der Waals surface area contributed by atoms with Crippen LogP contribution in [0.3, 0.4) is 0 Å². The van der Waals surface area contributed by atoms with Gasteiger partial charge in [0.15, 0.2) is 0 Å². The van der Waals surface area contributed by atoms with Gasteiger partial charge < -0.3 is 15.8 Å². The van der Waals surface area contributed by atoms with Crippen LogP contribution in [0.1, 0.15) is 46.0 Å². The lowest BCUT2D eigenvalue weighted by Crippen LogP contribution is -2.52. The van der Waals surface area contributed by atoms with Crippen molar-refractivity contribution >= 4 is 5.91 Å². The molecule has 2 aliphatic rings. The highest BCUT2D eigenvalue weighted by molar-refractivity contribution is 5.83. The van der Waals surface area contributed by atoms with E-state index in [0.717, 1.165) is 44.6 Å². The first-order valence-electron chi connectivity index (χ1n) is 7.20. The van der Waals surface area contributed by atoms with Crippen molar-refractivity contribution in [1.29, 1.82) is 0 Å². The maximum Gasteiger partial charge on any atom is 0.227 e. The normalized spacial score (nSPS) is 40.7. The van der Waals surface area contributed by atoms with Crippen LogP contribution < -0.4 is 11.1 Å². The second-order valence-corrected chi connectivity index (χ2v) is 6.11. The fourth-order valence-electron chi connectivity index (χ4n) is 3.08. The van der Waals surface area contributed by atoms with Crippen molar-refractivity contribution in [2.24, 2.45) is 17.1 Å². The summed E-state index contributed by atoms with van der Waals surface area (Å²) < 4.78 is 5.49. The number of ether oxygens (including phenoxy) is 1. The molecule has 0 spiro atoms. The van der Waals surface area contributed by atoms with Gasteiger partial charge in [-0.3, -0.25) is 4.79 Å². The van der Waals surface area contributed by atoms with Crippen LogP contribution in [0.5, 0.6) is 0 Å². The SMILES string of the molecule is CC1CCC(CN)(C(=O)NC2CCOC2C)CC1. The third-order valence-electron chi connectivity index (χ3n) is 4.80. The summed E-state index contributed by atoms with van der Waals surface area (Å²) >= 11 is 0.